The summed E-state index contributed by atoms with van der Waals surface area (Å²) in [7, 11) is 0. The molecule has 3 rings (SSSR count). The van der Waals surface area contributed by atoms with Gasteiger partial charge in [-0.3, -0.25) is 0 Å². The summed E-state index contributed by atoms with van der Waals surface area (Å²) in [5.74, 6) is 0.874. The summed E-state index contributed by atoms with van der Waals surface area (Å²) in [6, 6.07) is 14.6. The van der Waals surface area contributed by atoms with E-state index >= 15 is 0 Å². The SMILES string of the molecule is Nc1ncc(OCCc2cccc3ccccc23)c(N)n1. The van der Waals surface area contributed by atoms with Gasteiger partial charge < -0.3 is 16.2 Å². The van der Waals surface area contributed by atoms with Gasteiger partial charge in [-0.05, 0) is 16.3 Å². The number of hydrogen-bond acceptors (Lipinski definition) is 5. The fourth-order valence-corrected chi connectivity index (χ4v) is 2.29. The monoisotopic (exact) mass is 280 g/mol. The van der Waals surface area contributed by atoms with Crippen molar-refractivity contribution in [1.82, 2.24) is 9.97 Å². The minimum absolute atomic E-state index is 0.147. The van der Waals surface area contributed by atoms with Crippen molar-refractivity contribution in [3.05, 3.63) is 54.2 Å². The molecule has 0 saturated carbocycles. The Morgan fingerprint density at radius 2 is 1.81 bits per heavy atom. The zero-order chi connectivity index (χ0) is 14.7. The van der Waals surface area contributed by atoms with Crippen LogP contribution >= 0.6 is 0 Å². The first-order chi connectivity index (χ1) is 10.2. The molecule has 0 bridgehead atoms. The zero-order valence-electron chi connectivity index (χ0n) is 11.5. The molecule has 2 aromatic carbocycles. The van der Waals surface area contributed by atoms with Gasteiger partial charge in [0.25, 0.3) is 0 Å². The van der Waals surface area contributed by atoms with Crippen LogP contribution in [0.5, 0.6) is 5.75 Å². The number of nitrogens with zero attached hydrogens (tertiary/aromatic N) is 2. The molecule has 0 aliphatic carbocycles. The van der Waals surface area contributed by atoms with Gasteiger partial charge in [-0.1, -0.05) is 42.5 Å². The lowest BCUT2D eigenvalue weighted by molar-refractivity contribution is 0.322. The summed E-state index contributed by atoms with van der Waals surface area (Å²) < 4.78 is 5.64. The van der Waals surface area contributed by atoms with Crippen LogP contribution < -0.4 is 16.2 Å². The van der Waals surface area contributed by atoms with Crippen molar-refractivity contribution < 1.29 is 4.74 Å². The number of ether oxygens (including phenoxy) is 1. The molecule has 0 fully saturated rings. The minimum Gasteiger partial charge on any atom is -0.488 e. The fraction of sp³-hybridized carbons (Fsp3) is 0.125. The van der Waals surface area contributed by atoms with E-state index in [1.807, 2.05) is 12.1 Å². The first-order valence-electron chi connectivity index (χ1n) is 6.71. The van der Waals surface area contributed by atoms with E-state index in [0.29, 0.717) is 12.4 Å². The van der Waals surface area contributed by atoms with E-state index in [-0.39, 0.29) is 11.8 Å². The van der Waals surface area contributed by atoms with Crippen LogP contribution in [0.3, 0.4) is 0 Å². The highest BCUT2D eigenvalue weighted by molar-refractivity contribution is 5.85. The number of hydrogen-bond donors (Lipinski definition) is 2. The average Bonchev–Trinajstić information content (AvgIpc) is 2.50. The zero-order valence-corrected chi connectivity index (χ0v) is 11.5. The predicted octanol–water partition coefficient (Wildman–Crippen LogP) is 2.42. The molecule has 0 atom stereocenters. The maximum Gasteiger partial charge on any atom is 0.222 e. The summed E-state index contributed by atoms with van der Waals surface area (Å²) >= 11 is 0. The van der Waals surface area contributed by atoms with Crippen LogP contribution in [-0.2, 0) is 6.42 Å². The summed E-state index contributed by atoms with van der Waals surface area (Å²) in [5, 5.41) is 2.47. The molecule has 0 radical (unpaired) electrons. The number of anilines is 2. The second-order valence-corrected chi connectivity index (χ2v) is 4.71. The maximum absolute atomic E-state index is 5.74. The lowest BCUT2D eigenvalue weighted by atomic mass is 10.0. The highest BCUT2D eigenvalue weighted by Crippen LogP contribution is 2.21. The quantitative estimate of drug-likeness (QED) is 0.766. The molecule has 0 spiro atoms. The third kappa shape index (κ3) is 2.86. The van der Waals surface area contributed by atoms with E-state index in [4.69, 9.17) is 16.2 Å². The van der Waals surface area contributed by atoms with Crippen LogP contribution in [0, 0.1) is 0 Å². The van der Waals surface area contributed by atoms with Crippen LogP contribution in [-0.4, -0.2) is 16.6 Å². The summed E-state index contributed by atoms with van der Waals surface area (Å²) in [5.41, 5.74) is 12.4. The largest absolute Gasteiger partial charge is 0.488 e. The molecule has 0 aliphatic rings. The first-order valence-corrected chi connectivity index (χ1v) is 6.71. The third-order valence-electron chi connectivity index (χ3n) is 3.31. The van der Waals surface area contributed by atoms with Crippen LogP contribution in [0.25, 0.3) is 10.8 Å². The fourth-order valence-electron chi connectivity index (χ4n) is 2.29. The number of benzene rings is 2. The molecule has 5 nitrogen and oxygen atoms in total. The van der Waals surface area contributed by atoms with Crippen LogP contribution in [0.15, 0.2) is 48.7 Å². The van der Waals surface area contributed by atoms with Crippen molar-refractivity contribution in [2.45, 2.75) is 6.42 Å². The maximum atomic E-state index is 5.74. The molecule has 0 unspecified atom stereocenters. The smallest absolute Gasteiger partial charge is 0.222 e. The Balaban J connectivity index is 1.72. The molecular formula is C16H16N4O. The van der Waals surface area contributed by atoms with E-state index in [1.54, 1.807) is 0 Å². The Hall–Kier alpha value is -2.82. The molecule has 21 heavy (non-hydrogen) atoms. The van der Waals surface area contributed by atoms with Crippen LogP contribution in [0.2, 0.25) is 0 Å². The second-order valence-electron chi connectivity index (χ2n) is 4.71. The van der Waals surface area contributed by atoms with Gasteiger partial charge in [0, 0.05) is 6.42 Å². The van der Waals surface area contributed by atoms with E-state index in [2.05, 4.69) is 40.3 Å². The number of nitrogens with two attached hydrogens (primary N) is 2. The van der Waals surface area contributed by atoms with Crippen molar-refractivity contribution in [2.24, 2.45) is 0 Å². The van der Waals surface area contributed by atoms with Gasteiger partial charge in [0.05, 0.1) is 12.8 Å². The Morgan fingerprint density at radius 3 is 2.67 bits per heavy atom. The van der Waals surface area contributed by atoms with Crippen molar-refractivity contribution >= 4 is 22.5 Å². The van der Waals surface area contributed by atoms with Gasteiger partial charge in [0.1, 0.15) is 0 Å². The molecule has 3 aromatic rings. The van der Waals surface area contributed by atoms with E-state index in [9.17, 15) is 0 Å². The van der Waals surface area contributed by atoms with Gasteiger partial charge in [0.2, 0.25) is 5.95 Å². The van der Waals surface area contributed by atoms with Crippen molar-refractivity contribution in [2.75, 3.05) is 18.1 Å². The topological polar surface area (TPSA) is 87.0 Å². The number of aromatic nitrogens is 2. The van der Waals surface area contributed by atoms with Gasteiger partial charge in [-0.25, -0.2) is 4.98 Å². The highest BCUT2D eigenvalue weighted by Gasteiger charge is 2.05. The van der Waals surface area contributed by atoms with Gasteiger partial charge in [0.15, 0.2) is 11.6 Å². The summed E-state index contributed by atoms with van der Waals surface area (Å²) in [4.78, 5) is 7.75. The van der Waals surface area contributed by atoms with E-state index < -0.39 is 0 Å². The average molecular weight is 280 g/mol. The van der Waals surface area contributed by atoms with Crippen LogP contribution in [0.4, 0.5) is 11.8 Å². The molecule has 1 aromatic heterocycles. The highest BCUT2D eigenvalue weighted by atomic mass is 16.5. The molecule has 5 heteroatoms. The molecule has 1 heterocycles. The first kappa shape index (κ1) is 13.2. The van der Waals surface area contributed by atoms with Crippen LogP contribution in [0.1, 0.15) is 5.56 Å². The van der Waals surface area contributed by atoms with E-state index in [1.165, 1.54) is 22.5 Å². The van der Waals surface area contributed by atoms with Crippen molar-refractivity contribution in [1.29, 1.82) is 0 Å². The lowest BCUT2D eigenvalue weighted by Crippen LogP contribution is -2.06. The van der Waals surface area contributed by atoms with E-state index in [0.717, 1.165) is 6.42 Å². The van der Waals surface area contributed by atoms with Gasteiger partial charge in [-0.2, -0.15) is 4.98 Å². The third-order valence-corrected chi connectivity index (χ3v) is 3.31. The summed E-state index contributed by atoms with van der Waals surface area (Å²) in [6.45, 7) is 0.505. The molecular weight excluding hydrogens is 264 g/mol. The Bertz CT molecular complexity index is 768. The Kier molecular flexibility index (Phi) is 3.55. The molecule has 0 amide bonds. The minimum atomic E-state index is 0.147. The number of fused-ring (bicyclic) bond motifs is 1. The number of rotatable bonds is 4. The number of nitrogen functional groups attached to an aromatic ring is 2. The molecule has 0 aliphatic heterocycles. The van der Waals surface area contributed by atoms with Gasteiger partial charge >= 0.3 is 0 Å². The summed E-state index contributed by atoms with van der Waals surface area (Å²) in [6.07, 6.45) is 2.28. The Labute approximate surface area is 122 Å². The standard InChI is InChI=1S/C16H16N4O/c17-15-14(10-19-16(18)20-15)21-9-8-12-6-3-5-11-4-1-2-7-13(11)12/h1-7,10H,8-9H2,(H4,17,18,19,20). The Morgan fingerprint density at radius 1 is 1.00 bits per heavy atom. The molecule has 0 saturated heterocycles. The lowest BCUT2D eigenvalue weighted by Gasteiger charge is -2.09. The molecule has 106 valence electrons. The van der Waals surface area contributed by atoms with Crippen molar-refractivity contribution in [3.63, 3.8) is 0 Å². The van der Waals surface area contributed by atoms with Crippen molar-refractivity contribution in [3.8, 4) is 5.75 Å². The predicted molar refractivity (Wildman–Crippen MR) is 84.0 cm³/mol. The second kappa shape index (κ2) is 5.66. The normalized spacial score (nSPS) is 10.7. The molecule has 4 N–H and O–H groups in total. The van der Waals surface area contributed by atoms with Gasteiger partial charge in [-0.15, -0.1) is 0 Å².